The number of hydrogen-bond acceptors (Lipinski definition) is 1. The quantitative estimate of drug-likeness (QED) is 0.729. The molecule has 1 rings (SSSR count). The second kappa shape index (κ2) is 3.64. The lowest BCUT2D eigenvalue weighted by Gasteiger charge is -2.00. The fraction of sp³-hybridized carbons (Fsp3) is 0.375. The number of aryl methyl sites for hydroxylation is 1. The van der Waals surface area contributed by atoms with Crippen LogP contribution in [0.2, 0.25) is 0 Å². The summed E-state index contributed by atoms with van der Waals surface area (Å²) in [6.45, 7) is 3.47. The molecule has 0 radical (unpaired) electrons. The molecule has 0 aliphatic heterocycles. The topological polar surface area (TPSA) is 28.7 Å². The second-order valence-corrected chi connectivity index (χ2v) is 2.57. The van der Waals surface area contributed by atoms with Crippen LogP contribution in [0.25, 0.3) is 0 Å². The summed E-state index contributed by atoms with van der Waals surface area (Å²) in [4.78, 5) is 5.80. The second-order valence-electron chi connectivity index (χ2n) is 2.57. The van der Waals surface area contributed by atoms with Crippen molar-refractivity contribution >= 4 is 0 Å². The lowest BCUT2D eigenvalue weighted by atomic mass is 10.3. The summed E-state index contributed by atoms with van der Waals surface area (Å²) in [6, 6.07) is 0. The van der Waals surface area contributed by atoms with Crippen molar-refractivity contribution in [2.75, 3.05) is 0 Å². The van der Waals surface area contributed by atoms with Crippen molar-refractivity contribution in [2.24, 2.45) is 0 Å². The Kier molecular flexibility index (Phi) is 2.75. The van der Waals surface area contributed by atoms with E-state index in [1.807, 2.05) is 0 Å². The van der Waals surface area contributed by atoms with Crippen molar-refractivity contribution in [1.29, 1.82) is 0 Å². The maximum Gasteiger partial charge on any atom is 0.432 e. The lowest BCUT2D eigenvalue weighted by Crippen LogP contribution is -2.05. The van der Waals surface area contributed by atoms with Crippen LogP contribution < -0.4 is 0 Å². The Hall–Kier alpha value is -1.26. The van der Waals surface area contributed by atoms with Crippen LogP contribution in [0.4, 0.5) is 13.2 Å². The first-order valence-corrected chi connectivity index (χ1v) is 3.76. The van der Waals surface area contributed by atoms with E-state index in [1.54, 1.807) is 6.08 Å². The van der Waals surface area contributed by atoms with Gasteiger partial charge in [0, 0.05) is 6.42 Å². The standard InChI is InChI=1S/C8H9F3N2/c1-2-3-4-7-12-5-6(13-7)8(9,10)11/h2,5H,1,3-4H2,(H,12,13). The Morgan fingerprint density at radius 1 is 1.54 bits per heavy atom. The molecule has 0 fully saturated rings. The minimum atomic E-state index is -4.33. The van der Waals surface area contributed by atoms with Crippen molar-refractivity contribution in [3.8, 4) is 0 Å². The van der Waals surface area contributed by atoms with E-state index in [1.165, 1.54) is 0 Å². The number of aromatic nitrogens is 2. The summed E-state index contributed by atoms with van der Waals surface area (Å²) in [5.74, 6) is 0.340. The average Bonchev–Trinajstić information content (AvgIpc) is 2.47. The summed E-state index contributed by atoms with van der Waals surface area (Å²) in [6.07, 6.45) is -0.821. The highest BCUT2D eigenvalue weighted by Gasteiger charge is 2.32. The summed E-state index contributed by atoms with van der Waals surface area (Å²) < 4.78 is 36.1. The van der Waals surface area contributed by atoms with Crippen molar-refractivity contribution in [3.63, 3.8) is 0 Å². The molecule has 0 aromatic carbocycles. The number of aromatic amines is 1. The molecule has 0 amide bonds. The predicted molar refractivity (Wildman–Crippen MR) is 42.1 cm³/mol. The molecule has 0 saturated carbocycles. The molecule has 0 aliphatic carbocycles. The predicted octanol–water partition coefficient (Wildman–Crippen LogP) is 2.55. The summed E-state index contributed by atoms with van der Waals surface area (Å²) in [7, 11) is 0. The first kappa shape index (κ1) is 9.83. The summed E-state index contributed by atoms with van der Waals surface area (Å²) in [5.41, 5.74) is -0.799. The van der Waals surface area contributed by atoms with Gasteiger partial charge in [0.15, 0.2) is 0 Å². The number of rotatable bonds is 3. The first-order valence-electron chi connectivity index (χ1n) is 3.76. The van der Waals surface area contributed by atoms with Crippen LogP contribution in [0.1, 0.15) is 17.9 Å². The van der Waals surface area contributed by atoms with Gasteiger partial charge in [-0.2, -0.15) is 13.2 Å². The number of alkyl halides is 3. The Morgan fingerprint density at radius 2 is 2.23 bits per heavy atom. The van der Waals surface area contributed by atoms with E-state index in [2.05, 4.69) is 16.5 Å². The van der Waals surface area contributed by atoms with E-state index < -0.39 is 11.9 Å². The van der Waals surface area contributed by atoms with Gasteiger partial charge in [0.1, 0.15) is 11.5 Å². The van der Waals surface area contributed by atoms with Gasteiger partial charge in [0.2, 0.25) is 0 Å². The molecule has 1 aromatic rings. The van der Waals surface area contributed by atoms with Gasteiger partial charge in [-0.3, -0.25) is 0 Å². The molecule has 0 aliphatic rings. The Balaban J connectivity index is 2.69. The largest absolute Gasteiger partial charge is 0.432 e. The zero-order valence-corrected chi connectivity index (χ0v) is 6.86. The first-order chi connectivity index (χ1) is 6.04. The number of H-pyrrole nitrogens is 1. The number of imidazole rings is 1. The van der Waals surface area contributed by atoms with Crippen molar-refractivity contribution in [1.82, 2.24) is 9.97 Å². The zero-order chi connectivity index (χ0) is 9.90. The highest BCUT2D eigenvalue weighted by Crippen LogP contribution is 2.27. The SMILES string of the molecule is C=CCCc1ncc(C(F)(F)F)[nH]1. The minimum absolute atomic E-state index is 0.340. The van der Waals surface area contributed by atoms with Crippen LogP contribution in [0.15, 0.2) is 18.9 Å². The molecule has 0 saturated heterocycles. The van der Waals surface area contributed by atoms with Gasteiger partial charge in [-0.05, 0) is 6.42 Å². The molecule has 0 atom stereocenters. The van der Waals surface area contributed by atoms with Crippen molar-refractivity contribution < 1.29 is 13.2 Å². The van der Waals surface area contributed by atoms with Gasteiger partial charge in [-0.15, -0.1) is 6.58 Å². The number of nitrogens with one attached hydrogen (secondary N) is 1. The van der Waals surface area contributed by atoms with Crippen LogP contribution >= 0.6 is 0 Å². The normalized spacial score (nSPS) is 11.6. The number of hydrogen-bond donors (Lipinski definition) is 1. The Labute approximate surface area is 73.5 Å². The molecule has 1 heterocycles. The van der Waals surface area contributed by atoms with Crippen LogP contribution in [0.5, 0.6) is 0 Å². The van der Waals surface area contributed by atoms with Gasteiger partial charge < -0.3 is 4.98 Å². The van der Waals surface area contributed by atoms with E-state index in [-0.39, 0.29) is 0 Å². The van der Waals surface area contributed by atoms with E-state index in [9.17, 15) is 13.2 Å². The van der Waals surface area contributed by atoms with Crippen molar-refractivity contribution in [3.05, 3.63) is 30.4 Å². The monoisotopic (exact) mass is 190 g/mol. The van der Waals surface area contributed by atoms with Crippen LogP contribution in [0.3, 0.4) is 0 Å². The Bertz CT molecular complexity index is 288. The summed E-state index contributed by atoms with van der Waals surface area (Å²) in [5, 5.41) is 0. The van der Waals surface area contributed by atoms with E-state index >= 15 is 0 Å². The van der Waals surface area contributed by atoms with Crippen LogP contribution in [-0.4, -0.2) is 9.97 Å². The molecular formula is C8H9F3N2. The molecule has 0 unspecified atom stereocenters. The molecule has 1 aromatic heterocycles. The molecule has 72 valence electrons. The molecular weight excluding hydrogens is 181 g/mol. The molecule has 1 N–H and O–H groups in total. The van der Waals surface area contributed by atoms with E-state index in [0.717, 1.165) is 6.20 Å². The molecule has 0 bridgehead atoms. The third-order valence-corrected chi connectivity index (χ3v) is 1.52. The molecule has 2 nitrogen and oxygen atoms in total. The van der Waals surface area contributed by atoms with Gasteiger partial charge in [-0.25, -0.2) is 4.98 Å². The number of halogens is 3. The van der Waals surface area contributed by atoms with Crippen LogP contribution in [-0.2, 0) is 12.6 Å². The Morgan fingerprint density at radius 3 is 2.69 bits per heavy atom. The van der Waals surface area contributed by atoms with Gasteiger partial charge in [0.05, 0.1) is 6.20 Å². The molecule has 13 heavy (non-hydrogen) atoms. The average molecular weight is 190 g/mol. The van der Waals surface area contributed by atoms with Crippen molar-refractivity contribution in [2.45, 2.75) is 19.0 Å². The molecule has 5 heteroatoms. The number of allylic oxidation sites excluding steroid dienone is 1. The zero-order valence-electron chi connectivity index (χ0n) is 6.86. The highest BCUT2D eigenvalue weighted by molar-refractivity contribution is 5.05. The third-order valence-electron chi connectivity index (χ3n) is 1.52. The summed E-state index contributed by atoms with van der Waals surface area (Å²) >= 11 is 0. The number of nitrogens with zero attached hydrogens (tertiary/aromatic N) is 1. The fourth-order valence-corrected chi connectivity index (χ4v) is 0.872. The maximum atomic E-state index is 12.0. The smallest absolute Gasteiger partial charge is 0.338 e. The lowest BCUT2D eigenvalue weighted by molar-refractivity contribution is -0.140. The van der Waals surface area contributed by atoms with E-state index in [0.29, 0.717) is 18.7 Å². The maximum absolute atomic E-state index is 12.0. The van der Waals surface area contributed by atoms with Crippen LogP contribution in [0, 0.1) is 0 Å². The third kappa shape index (κ3) is 2.61. The highest BCUT2D eigenvalue weighted by atomic mass is 19.4. The van der Waals surface area contributed by atoms with E-state index in [4.69, 9.17) is 0 Å². The fourth-order valence-electron chi connectivity index (χ4n) is 0.872. The van der Waals surface area contributed by atoms with Gasteiger partial charge >= 0.3 is 6.18 Å². The van der Waals surface area contributed by atoms with Gasteiger partial charge in [0.25, 0.3) is 0 Å². The minimum Gasteiger partial charge on any atom is -0.338 e. The molecule has 0 spiro atoms. The van der Waals surface area contributed by atoms with Gasteiger partial charge in [-0.1, -0.05) is 6.08 Å².